The molecule has 17 heavy (non-hydrogen) atoms. The molecule has 0 spiro atoms. The maximum Gasteiger partial charge on any atom is 0.0953 e. The molecule has 4 heteroatoms. The van der Waals surface area contributed by atoms with E-state index in [4.69, 9.17) is 5.73 Å². The zero-order valence-corrected chi connectivity index (χ0v) is 11.0. The van der Waals surface area contributed by atoms with Gasteiger partial charge >= 0.3 is 0 Å². The van der Waals surface area contributed by atoms with Crippen LogP contribution < -0.4 is 5.73 Å². The third-order valence-corrected chi connectivity index (χ3v) is 4.05. The summed E-state index contributed by atoms with van der Waals surface area (Å²) in [6.45, 7) is 0. The molecule has 3 rings (SSSR count). The van der Waals surface area contributed by atoms with E-state index < -0.39 is 0 Å². The lowest BCUT2D eigenvalue weighted by molar-refractivity contribution is 0.268. The first-order chi connectivity index (χ1) is 8.25. The molecule has 88 valence electrons. The Bertz CT molecular complexity index is 529. The number of aromatic nitrogens is 2. The number of nitrogens with zero attached hydrogens (tertiary/aromatic N) is 2. The van der Waals surface area contributed by atoms with Gasteiger partial charge in [0, 0.05) is 22.1 Å². The van der Waals surface area contributed by atoms with E-state index in [0.29, 0.717) is 12.1 Å². The molecule has 1 aromatic heterocycles. The Hall–Kier alpha value is -1.13. The van der Waals surface area contributed by atoms with E-state index in [1.807, 2.05) is 24.7 Å². The predicted octanol–water partition coefficient (Wildman–Crippen LogP) is 2.97. The molecule has 1 aliphatic carbocycles. The van der Waals surface area contributed by atoms with E-state index in [2.05, 4.69) is 37.6 Å². The topological polar surface area (TPSA) is 43.8 Å². The Morgan fingerprint density at radius 1 is 1.29 bits per heavy atom. The Labute approximate surface area is 109 Å². The zero-order valence-electron chi connectivity index (χ0n) is 9.38. The molecule has 0 amide bonds. The molecule has 1 aromatic carbocycles. The third-order valence-electron chi connectivity index (χ3n) is 3.36. The van der Waals surface area contributed by atoms with Gasteiger partial charge in [-0.15, -0.1) is 0 Å². The summed E-state index contributed by atoms with van der Waals surface area (Å²) in [5.74, 6) is 0. The Kier molecular flexibility index (Phi) is 2.76. The minimum Gasteiger partial charge on any atom is -0.328 e. The molecule has 0 bridgehead atoms. The minimum absolute atomic E-state index is 0.356. The summed E-state index contributed by atoms with van der Waals surface area (Å²) >= 11 is 3.59. The van der Waals surface area contributed by atoms with Crippen molar-refractivity contribution in [2.24, 2.45) is 5.73 Å². The average Bonchev–Trinajstić information content (AvgIpc) is 2.74. The van der Waals surface area contributed by atoms with Crippen LogP contribution in [0.5, 0.6) is 0 Å². The van der Waals surface area contributed by atoms with Crippen LogP contribution in [-0.4, -0.2) is 15.6 Å². The molecular weight excluding hydrogens is 278 g/mol. The van der Waals surface area contributed by atoms with Crippen LogP contribution >= 0.6 is 15.9 Å². The van der Waals surface area contributed by atoms with Gasteiger partial charge in [-0.1, -0.05) is 34.1 Å². The molecule has 3 nitrogen and oxygen atoms in total. The molecule has 0 radical (unpaired) electrons. The predicted molar refractivity (Wildman–Crippen MR) is 71.6 cm³/mol. The van der Waals surface area contributed by atoms with E-state index in [9.17, 15) is 0 Å². The highest BCUT2D eigenvalue weighted by Crippen LogP contribution is 2.36. The molecule has 2 aromatic rings. The van der Waals surface area contributed by atoms with Gasteiger partial charge in [0.25, 0.3) is 0 Å². The van der Waals surface area contributed by atoms with Crippen LogP contribution in [0.15, 0.2) is 41.3 Å². The lowest BCUT2D eigenvalue weighted by Gasteiger charge is -2.34. The summed E-state index contributed by atoms with van der Waals surface area (Å²) in [5, 5.41) is 0. The fourth-order valence-corrected chi connectivity index (χ4v) is 2.82. The van der Waals surface area contributed by atoms with Crippen molar-refractivity contribution in [2.75, 3.05) is 0 Å². The monoisotopic (exact) mass is 291 g/mol. The second-order valence-corrected chi connectivity index (χ2v) is 5.41. The van der Waals surface area contributed by atoms with Gasteiger partial charge in [-0.3, -0.25) is 0 Å². The van der Waals surface area contributed by atoms with Crippen molar-refractivity contribution in [3.63, 3.8) is 0 Å². The number of imidazole rings is 1. The van der Waals surface area contributed by atoms with Crippen LogP contribution in [0.25, 0.3) is 11.3 Å². The number of rotatable bonds is 2. The molecule has 1 heterocycles. The third kappa shape index (κ3) is 1.91. The number of hydrogen-bond acceptors (Lipinski definition) is 2. The van der Waals surface area contributed by atoms with Crippen molar-refractivity contribution in [1.29, 1.82) is 0 Å². The van der Waals surface area contributed by atoms with E-state index >= 15 is 0 Å². The van der Waals surface area contributed by atoms with Crippen molar-refractivity contribution in [1.82, 2.24) is 9.55 Å². The van der Waals surface area contributed by atoms with Crippen LogP contribution in [-0.2, 0) is 0 Å². The van der Waals surface area contributed by atoms with Gasteiger partial charge in [0.15, 0.2) is 0 Å². The SMILES string of the molecule is NC1CC(n2cncc2-c2ccccc2Br)C1. The number of halogens is 1. The zero-order chi connectivity index (χ0) is 11.8. The van der Waals surface area contributed by atoms with E-state index in [1.54, 1.807) is 0 Å². The fraction of sp³-hybridized carbons (Fsp3) is 0.308. The normalized spacial score (nSPS) is 23.4. The Morgan fingerprint density at radius 3 is 2.76 bits per heavy atom. The van der Waals surface area contributed by atoms with Crippen molar-refractivity contribution < 1.29 is 0 Å². The summed E-state index contributed by atoms with van der Waals surface area (Å²) in [6, 6.07) is 9.09. The summed E-state index contributed by atoms with van der Waals surface area (Å²) < 4.78 is 3.34. The van der Waals surface area contributed by atoms with E-state index in [0.717, 1.165) is 23.0 Å². The number of nitrogens with two attached hydrogens (primary N) is 1. The van der Waals surface area contributed by atoms with Gasteiger partial charge in [-0.2, -0.15) is 0 Å². The fourth-order valence-electron chi connectivity index (χ4n) is 2.33. The maximum atomic E-state index is 5.85. The van der Waals surface area contributed by atoms with Crippen LogP contribution in [0.4, 0.5) is 0 Å². The molecule has 1 aliphatic rings. The molecule has 2 N–H and O–H groups in total. The molecule has 0 atom stereocenters. The molecule has 0 unspecified atom stereocenters. The highest BCUT2D eigenvalue weighted by molar-refractivity contribution is 9.10. The standard InChI is InChI=1S/C13H14BrN3/c14-12-4-2-1-3-11(12)13-7-16-8-17(13)10-5-9(15)6-10/h1-4,7-10H,5-6,15H2. The lowest BCUT2D eigenvalue weighted by Crippen LogP contribution is -2.37. The summed E-state index contributed by atoms with van der Waals surface area (Å²) in [7, 11) is 0. The van der Waals surface area contributed by atoms with Gasteiger partial charge in [0.05, 0.1) is 18.2 Å². The van der Waals surface area contributed by atoms with E-state index in [-0.39, 0.29) is 0 Å². The van der Waals surface area contributed by atoms with E-state index in [1.165, 1.54) is 5.56 Å². The first kappa shape index (κ1) is 11.0. The van der Waals surface area contributed by atoms with Gasteiger partial charge < -0.3 is 10.3 Å². The Morgan fingerprint density at radius 2 is 2.06 bits per heavy atom. The van der Waals surface area contributed by atoms with Gasteiger partial charge in [-0.05, 0) is 18.9 Å². The van der Waals surface area contributed by atoms with Crippen LogP contribution in [0.3, 0.4) is 0 Å². The van der Waals surface area contributed by atoms with Gasteiger partial charge in [-0.25, -0.2) is 4.98 Å². The molecular formula is C13H14BrN3. The minimum atomic E-state index is 0.356. The lowest BCUT2D eigenvalue weighted by atomic mass is 9.87. The second kappa shape index (κ2) is 4.27. The van der Waals surface area contributed by atoms with Crippen molar-refractivity contribution >= 4 is 15.9 Å². The molecule has 1 fully saturated rings. The van der Waals surface area contributed by atoms with Crippen molar-refractivity contribution in [2.45, 2.75) is 24.9 Å². The largest absolute Gasteiger partial charge is 0.328 e. The van der Waals surface area contributed by atoms with Crippen LogP contribution in [0.2, 0.25) is 0 Å². The quantitative estimate of drug-likeness (QED) is 0.924. The number of hydrogen-bond donors (Lipinski definition) is 1. The first-order valence-electron chi connectivity index (χ1n) is 5.78. The highest BCUT2D eigenvalue weighted by Gasteiger charge is 2.28. The van der Waals surface area contributed by atoms with Gasteiger partial charge in [0.1, 0.15) is 0 Å². The molecule has 0 aliphatic heterocycles. The van der Waals surface area contributed by atoms with Crippen LogP contribution in [0, 0.1) is 0 Å². The maximum absolute atomic E-state index is 5.85. The number of benzene rings is 1. The Balaban J connectivity index is 1.99. The second-order valence-electron chi connectivity index (χ2n) is 4.55. The summed E-state index contributed by atoms with van der Waals surface area (Å²) in [5.41, 5.74) is 8.20. The van der Waals surface area contributed by atoms with Crippen LogP contribution in [0.1, 0.15) is 18.9 Å². The highest BCUT2D eigenvalue weighted by atomic mass is 79.9. The summed E-state index contributed by atoms with van der Waals surface area (Å²) in [4.78, 5) is 4.27. The first-order valence-corrected chi connectivity index (χ1v) is 6.57. The van der Waals surface area contributed by atoms with Crippen molar-refractivity contribution in [3.05, 3.63) is 41.3 Å². The van der Waals surface area contributed by atoms with Gasteiger partial charge in [0.2, 0.25) is 0 Å². The molecule has 1 saturated carbocycles. The smallest absolute Gasteiger partial charge is 0.0953 e. The average molecular weight is 292 g/mol. The molecule has 0 saturated heterocycles. The summed E-state index contributed by atoms with van der Waals surface area (Å²) in [6.07, 6.45) is 5.93. The van der Waals surface area contributed by atoms with Crippen molar-refractivity contribution in [3.8, 4) is 11.3 Å².